The number of benzene rings is 1. The summed E-state index contributed by atoms with van der Waals surface area (Å²) < 4.78 is 6.96. The van der Waals surface area contributed by atoms with Gasteiger partial charge in [0.2, 0.25) is 0 Å². The highest BCUT2D eigenvalue weighted by Gasteiger charge is 2.13. The molecule has 0 aromatic heterocycles. The summed E-state index contributed by atoms with van der Waals surface area (Å²) in [6, 6.07) is 6.15. The van der Waals surface area contributed by atoms with Gasteiger partial charge in [0.25, 0.3) is 0 Å². The molecule has 16 heavy (non-hydrogen) atoms. The van der Waals surface area contributed by atoms with Gasteiger partial charge in [0.05, 0.1) is 6.61 Å². The smallest absolute Gasteiger partial charge is 0.119 e. The maximum Gasteiger partial charge on any atom is 0.119 e. The predicted octanol–water partition coefficient (Wildman–Crippen LogP) is 3.14. The minimum atomic E-state index is 0.665. The Morgan fingerprint density at radius 3 is 3.06 bits per heavy atom. The van der Waals surface area contributed by atoms with Crippen molar-refractivity contribution in [3.05, 3.63) is 28.2 Å². The van der Waals surface area contributed by atoms with Gasteiger partial charge in [-0.3, -0.25) is 0 Å². The Balaban J connectivity index is 1.86. The molecule has 1 fully saturated rings. The van der Waals surface area contributed by atoms with E-state index in [0.717, 1.165) is 29.9 Å². The van der Waals surface area contributed by atoms with Crippen LogP contribution in [0.25, 0.3) is 0 Å². The lowest BCUT2D eigenvalue weighted by atomic mass is 10.0. The Labute approximate surface area is 106 Å². The maximum atomic E-state index is 5.82. The van der Waals surface area contributed by atoms with Crippen molar-refractivity contribution in [2.24, 2.45) is 5.92 Å². The molecule has 1 N–H and O–H groups in total. The van der Waals surface area contributed by atoms with E-state index in [4.69, 9.17) is 4.74 Å². The van der Waals surface area contributed by atoms with Crippen LogP contribution in [0.15, 0.2) is 22.7 Å². The molecule has 88 valence electrons. The topological polar surface area (TPSA) is 21.3 Å². The zero-order valence-electron chi connectivity index (χ0n) is 9.63. The largest absolute Gasteiger partial charge is 0.493 e. The zero-order valence-corrected chi connectivity index (χ0v) is 11.2. The van der Waals surface area contributed by atoms with Crippen LogP contribution < -0.4 is 10.1 Å². The summed E-state index contributed by atoms with van der Waals surface area (Å²) in [5, 5.41) is 3.40. The van der Waals surface area contributed by atoms with Crippen LogP contribution >= 0.6 is 15.9 Å². The molecule has 1 aromatic carbocycles. The Morgan fingerprint density at radius 1 is 1.50 bits per heavy atom. The number of hydrogen-bond donors (Lipinski definition) is 1. The summed E-state index contributed by atoms with van der Waals surface area (Å²) in [7, 11) is 0. The number of halogens is 1. The molecule has 0 saturated carbocycles. The molecule has 1 aliphatic heterocycles. The highest BCUT2D eigenvalue weighted by atomic mass is 79.9. The Morgan fingerprint density at radius 2 is 2.38 bits per heavy atom. The minimum absolute atomic E-state index is 0.665. The standard InChI is InChI=1S/C13H18BrNO/c1-10-7-12(4-5-13(10)14)16-9-11-3-2-6-15-8-11/h4-5,7,11,15H,2-3,6,8-9H2,1H3/t11-/m0/s1. The van der Waals surface area contributed by atoms with Crippen LogP contribution in [0, 0.1) is 12.8 Å². The lowest BCUT2D eigenvalue weighted by Gasteiger charge is -2.22. The van der Waals surface area contributed by atoms with Crippen LogP contribution in [0.3, 0.4) is 0 Å². The van der Waals surface area contributed by atoms with E-state index in [1.807, 2.05) is 12.1 Å². The van der Waals surface area contributed by atoms with E-state index in [-0.39, 0.29) is 0 Å². The molecule has 0 spiro atoms. The summed E-state index contributed by atoms with van der Waals surface area (Å²) in [5.74, 6) is 1.64. The molecule has 1 saturated heterocycles. The third kappa shape index (κ3) is 3.22. The molecular formula is C13H18BrNO. The number of hydrogen-bond acceptors (Lipinski definition) is 2. The highest BCUT2D eigenvalue weighted by Crippen LogP contribution is 2.22. The van der Waals surface area contributed by atoms with Gasteiger partial charge >= 0.3 is 0 Å². The molecular weight excluding hydrogens is 266 g/mol. The Bertz CT molecular complexity index is 348. The minimum Gasteiger partial charge on any atom is -0.493 e. The molecule has 2 rings (SSSR count). The second-order valence-electron chi connectivity index (χ2n) is 4.43. The first-order valence-corrected chi connectivity index (χ1v) is 6.64. The van der Waals surface area contributed by atoms with Gasteiger partial charge in [-0.1, -0.05) is 15.9 Å². The normalized spacial score (nSPS) is 20.8. The fourth-order valence-corrected chi connectivity index (χ4v) is 2.23. The van der Waals surface area contributed by atoms with Crippen molar-refractivity contribution in [2.45, 2.75) is 19.8 Å². The molecule has 1 atom stereocenters. The summed E-state index contributed by atoms with van der Waals surface area (Å²) in [6.07, 6.45) is 2.55. The summed E-state index contributed by atoms with van der Waals surface area (Å²) in [6.45, 7) is 5.16. The molecule has 0 bridgehead atoms. The van der Waals surface area contributed by atoms with Crippen molar-refractivity contribution in [3.63, 3.8) is 0 Å². The quantitative estimate of drug-likeness (QED) is 0.920. The SMILES string of the molecule is Cc1cc(OC[C@H]2CCCNC2)ccc1Br. The van der Waals surface area contributed by atoms with Gasteiger partial charge in [0, 0.05) is 16.9 Å². The average Bonchev–Trinajstić information content (AvgIpc) is 2.32. The Kier molecular flexibility index (Phi) is 4.24. The molecule has 0 unspecified atom stereocenters. The van der Waals surface area contributed by atoms with Crippen molar-refractivity contribution >= 4 is 15.9 Å². The van der Waals surface area contributed by atoms with Gasteiger partial charge < -0.3 is 10.1 Å². The van der Waals surface area contributed by atoms with E-state index in [1.54, 1.807) is 0 Å². The van der Waals surface area contributed by atoms with Crippen molar-refractivity contribution in [1.82, 2.24) is 5.32 Å². The van der Waals surface area contributed by atoms with Crippen LogP contribution in [0.1, 0.15) is 18.4 Å². The van der Waals surface area contributed by atoms with Gasteiger partial charge in [0.15, 0.2) is 0 Å². The van der Waals surface area contributed by atoms with Crippen LogP contribution in [-0.4, -0.2) is 19.7 Å². The van der Waals surface area contributed by atoms with Crippen molar-refractivity contribution < 1.29 is 4.74 Å². The van der Waals surface area contributed by atoms with Crippen molar-refractivity contribution in [2.75, 3.05) is 19.7 Å². The van der Waals surface area contributed by atoms with E-state index in [0.29, 0.717) is 5.92 Å². The van der Waals surface area contributed by atoms with Crippen LogP contribution in [0.5, 0.6) is 5.75 Å². The summed E-state index contributed by atoms with van der Waals surface area (Å²) >= 11 is 3.49. The van der Waals surface area contributed by atoms with Crippen LogP contribution in [0.2, 0.25) is 0 Å². The number of nitrogens with one attached hydrogen (secondary N) is 1. The molecule has 1 heterocycles. The molecule has 0 amide bonds. The fraction of sp³-hybridized carbons (Fsp3) is 0.538. The maximum absolute atomic E-state index is 5.82. The monoisotopic (exact) mass is 283 g/mol. The van der Waals surface area contributed by atoms with Crippen molar-refractivity contribution in [1.29, 1.82) is 0 Å². The second kappa shape index (κ2) is 5.69. The molecule has 0 radical (unpaired) electrons. The molecule has 1 aromatic rings. The number of aryl methyl sites for hydroxylation is 1. The van der Waals surface area contributed by atoms with E-state index in [2.05, 4.69) is 34.2 Å². The highest BCUT2D eigenvalue weighted by molar-refractivity contribution is 9.10. The van der Waals surface area contributed by atoms with E-state index in [1.165, 1.54) is 18.4 Å². The third-order valence-electron chi connectivity index (χ3n) is 3.01. The third-order valence-corrected chi connectivity index (χ3v) is 3.90. The lowest BCUT2D eigenvalue weighted by molar-refractivity contribution is 0.218. The van der Waals surface area contributed by atoms with Gasteiger partial charge in [-0.05, 0) is 50.1 Å². The number of rotatable bonds is 3. The first kappa shape index (κ1) is 11.9. The zero-order chi connectivity index (χ0) is 11.4. The summed E-state index contributed by atoms with van der Waals surface area (Å²) in [5.41, 5.74) is 1.22. The number of ether oxygens (including phenoxy) is 1. The van der Waals surface area contributed by atoms with Crippen LogP contribution in [-0.2, 0) is 0 Å². The first-order valence-electron chi connectivity index (χ1n) is 5.85. The molecule has 1 aliphatic rings. The van der Waals surface area contributed by atoms with E-state index >= 15 is 0 Å². The Hall–Kier alpha value is -0.540. The number of piperidine rings is 1. The van der Waals surface area contributed by atoms with Crippen LogP contribution in [0.4, 0.5) is 0 Å². The second-order valence-corrected chi connectivity index (χ2v) is 5.29. The summed E-state index contributed by atoms with van der Waals surface area (Å²) in [4.78, 5) is 0. The van der Waals surface area contributed by atoms with Gasteiger partial charge in [0.1, 0.15) is 5.75 Å². The molecule has 3 heteroatoms. The van der Waals surface area contributed by atoms with E-state index < -0.39 is 0 Å². The lowest BCUT2D eigenvalue weighted by Crippen LogP contribution is -2.33. The van der Waals surface area contributed by atoms with Gasteiger partial charge in [-0.2, -0.15) is 0 Å². The van der Waals surface area contributed by atoms with Crippen molar-refractivity contribution in [3.8, 4) is 5.75 Å². The predicted molar refractivity (Wildman–Crippen MR) is 70.0 cm³/mol. The molecule has 0 aliphatic carbocycles. The molecule has 2 nitrogen and oxygen atoms in total. The van der Waals surface area contributed by atoms with Gasteiger partial charge in [-0.15, -0.1) is 0 Å². The first-order chi connectivity index (χ1) is 7.75. The van der Waals surface area contributed by atoms with Gasteiger partial charge in [-0.25, -0.2) is 0 Å². The average molecular weight is 284 g/mol. The fourth-order valence-electron chi connectivity index (χ4n) is 1.99. The van der Waals surface area contributed by atoms with E-state index in [9.17, 15) is 0 Å².